The van der Waals surface area contributed by atoms with Crippen molar-refractivity contribution in [3.05, 3.63) is 48.2 Å². The average Bonchev–Trinajstić information content (AvgIpc) is 2.92. The Balaban J connectivity index is 1.81. The van der Waals surface area contributed by atoms with Crippen LogP contribution in [-0.2, 0) is 6.54 Å². The van der Waals surface area contributed by atoms with Crippen LogP contribution in [-0.4, -0.2) is 4.98 Å². The van der Waals surface area contributed by atoms with Crippen molar-refractivity contribution in [2.45, 2.75) is 13.5 Å². The van der Waals surface area contributed by atoms with Gasteiger partial charge in [-0.2, -0.15) is 0 Å². The number of nitrogens with zero attached hydrogens (tertiary/aromatic N) is 1. The number of hydrogen-bond acceptors (Lipinski definition) is 4. The molecular formula is C13H12N2O2. The van der Waals surface area contributed by atoms with Gasteiger partial charge in [-0.05, 0) is 24.3 Å². The molecule has 1 N–H and O–H groups in total. The largest absolute Gasteiger partial charge is 0.472 e. The van der Waals surface area contributed by atoms with Crippen molar-refractivity contribution in [2.75, 3.05) is 5.32 Å². The van der Waals surface area contributed by atoms with Crippen LogP contribution in [0.15, 0.2) is 45.6 Å². The van der Waals surface area contributed by atoms with Gasteiger partial charge in [0.25, 0.3) is 0 Å². The molecule has 0 fully saturated rings. The Labute approximate surface area is 98.3 Å². The van der Waals surface area contributed by atoms with E-state index in [1.807, 2.05) is 31.2 Å². The van der Waals surface area contributed by atoms with E-state index < -0.39 is 0 Å². The molecule has 0 saturated carbocycles. The van der Waals surface area contributed by atoms with Crippen LogP contribution in [0.3, 0.4) is 0 Å². The van der Waals surface area contributed by atoms with Gasteiger partial charge in [0, 0.05) is 24.7 Å². The lowest BCUT2D eigenvalue weighted by Crippen LogP contribution is -1.97. The first-order valence-corrected chi connectivity index (χ1v) is 5.43. The fraction of sp³-hybridized carbons (Fsp3) is 0.154. The molecule has 17 heavy (non-hydrogen) atoms. The molecule has 86 valence electrons. The zero-order valence-electron chi connectivity index (χ0n) is 9.43. The third kappa shape index (κ3) is 2.01. The van der Waals surface area contributed by atoms with E-state index >= 15 is 0 Å². The van der Waals surface area contributed by atoms with Crippen LogP contribution in [0.2, 0.25) is 0 Å². The van der Waals surface area contributed by atoms with Gasteiger partial charge in [0.15, 0.2) is 11.5 Å². The molecule has 2 aromatic heterocycles. The number of fused-ring (bicyclic) bond motifs is 1. The van der Waals surface area contributed by atoms with Crippen molar-refractivity contribution in [1.82, 2.24) is 4.98 Å². The van der Waals surface area contributed by atoms with Crippen molar-refractivity contribution in [1.29, 1.82) is 0 Å². The van der Waals surface area contributed by atoms with E-state index in [4.69, 9.17) is 8.83 Å². The molecule has 4 nitrogen and oxygen atoms in total. The highest BCUT2D eigenvalue weighted by molar-refractivity contribution is 5.77. The number of hydrogen-bond donors (Lipinski definition) is 1. The molecule has 0 atom stereocenters. The molecule has 4 heteroatoms. The Bertz CT molecular complexity index is 626. The molecule has 0 aliphatic rings. The van der Waals surface area contributed by atoms with Crippen molar-refractivity contribution < 1.29 is 8.83 Å². The summed E-state index contributed by atoms with van der Waals surface area (Å²) in [6.07, 6.45) is 3.40. The Morgan fingerprint density at radius 1 is 1.29 bits per heavy atom. The maximum absolute atomic E-state index is 5.42. The zero-order valence-corrected chi connectivity index (χ0v) is 9.43. The van der Waals surface area contributed by atoms with Crippen molar-refractivity contribution in [3.8, 4) is 0 Å². The van der Waals surface area contributed by atoms with Gasteiger partial charge in [0.1, 0.15) is 5.52 Å². The predicted octanol–water partition coefficient (Wildman–Crippen LogP) is 3.34. The Hall–Kier alpha value is -2.23. The lowest BCUT2D eigenvalue weighted by molar-refractivity contribution is 0.561. The topological polar surface area (TPSA) is 51.2 Å². The molecule has 0 aliphatic heterocycles. The predicted molar refractivity (Wildman–Crippen MR) is 64.8 cm³/mol. The lowest BCUT2D eigenvalue weighted by Gasteiger charge is -2.03. The fourth-order valence-electron chi connectivity index (χ4n) is 1.75. The van der Waals surface area contributed by atoms with E-state index in [1.165, 1.54) is 0 Å². The third-order valence-corrected chi connectivity index (χ3v) is 2.57. The molecular weight excluding hydrogens is 216 g/mol. The minimum absolute atomic E-state index is 0.687. The summed E-state index contributed by atoms with van der Waals surface area (Å²) in [6, 6.07) is 7.82. The molecule has 3 aromatic rings. The van der Waals surface area contributed by atoms with Crippen LogP contribution in [0.25, 0.3) is 11.1 Å². The maximum Gasteiger partial charge on any atom is 0.192 e. The molecule has 0 radical (unpaired) electrons. The van der Waals surface area contributed by atoms with Crippen molar-refractivity contribution in [2.24, 2.45) is 0 Å². The minimum atomic E-state index is 0.687. The molecule has 3 rings (SSSR count). The Morgan fingerprint density at radius 3 is 3.06 bits per heavy atom. The quantitative estimate of drug-likeness (QED) is 0.747. The highest BCUT2D eigenvalue weighted by Crippen LogP contribution is 2.20. The third-order valence-electron chi connectivity index (χ3n) is 2.57. The van der Waals surface area contributed by atoms with E-state index in [0.717, 1.165) is 28.9 Å². The van der Waals surface area contributed by atoms with E-state index in [-0.39, 0.29) is 0 Å². The first-order chi connectivity index (χ1) is 8.31. The minimum Gasteiger partial charge on any atom is -0.472 e. The van der Waals surface area contributed by atoms with Crippen LogP contribution < -0.4 is 5.32 Å². The molecule has 0 saturated heterocycles. The molecule has 0 aliphatic carbocycles. The van der Waals surface area contributed by atoms with Gasteiger partial charge in [-0.15, -0.1) is 0 Å². The zero-order chi connectivity index (χ0) is 11.7. The second-order valence-electron chi connectivity index (χ2n) is 3.90. The number of benzene rings is 1. The van der Waals surface area contributed by atoms with Crippen molar-refractivity contribution >= 4 is 16.8 Å². The van der Waals surface area contributed by atoms with Gasteiger partial charge in [-0.1, -0.05) is 0 Å². The highest BCUT2D eigenvalue weighted by atomic mass is 16.3. The number of oxazole rings is 1. The van der Waals surface area contributed by atoms with Gasteiger partial charge >= 0.3 is 0 Å². The summed E-state index contributed by atoms with van der Waals surface area (Å²) >= 11 is 0. The monoisotopic (exact) mass is 228 g/mol. The molecule has 0 spiro atoms. The molecule has 0 bridgehead atoms. The SMILES string of the molecule is Cc1nc2cc(NCc3ccoc3)ccc2o1. The summed E-state index contributed by atoms with van der Waals surface area (Å²) in [5.41, 5.74) is 3.82. The van der Waals surface area contributed by atoms with Gasteiger partial charge in [0.2, 0.25) is 0 Å². The van der Waals surface area contributed by atoms with Gasteiger partial charge in [-0.25, -0.2) is 4.98 Å². The molecule has 2 heterocycles. The number of rotatable bonds is 3. The summed E-state index contributed by atoms with van der Waals surface area (Å²) in [6.45, 7) is 2.58. The Morgan fingerprint density at radius 2 is 2.24 bits per heavy atom. The first kappa shape index (κ1) is 9.96. The number of aryl methyl sites for hydroxylation is 1. The lowest BCUT2D eigenvalue weighted by atomic mass is 10.2. The molecule has 0 unspecified atom stereocenters. The van der Waals surface area contributed by atoms with Crippen molar-refractivity contribution in [3.63, 3.8) is 0 Å². The maximum atomic E-state index is 5.42. The highest BCUT2D eigenvalue weighted by Gasteiger charge is 2.03. The summed E-state index contributed by atoms with van der Waals surface area (Å²) in [7, 11) is 0. The van der Waals surface area contributed by atoms with Crippen LogP contribution >= 0.6 is 0 Å². The van der Waals surface area contributed by atoms with E-state index in [2.05, 4.69) is 10.3 Å². The standard InChI is InChI=1S/C13H12N2O2/c1-9-15-12-6-11(2-3-13(12)17-9)14-7-10-4-5-16-8-10/h2-6,8,14H,7H2,1H3. The number of furan rings is 1. The van der Waals surface area contributed by atoms with E-state index in [9.17, 15) is 0 Å². The summed E-state index contributed by atoms with van der Waals surface area (Å²) < 4.78 is 10.4. The van der Waals surface area contributed by atoms with E-state index in [0.29, 0.717) is 5.89 Å². The number of nitrogens with one attached hydrogen (secondary N) is 1. The Kier molecular flexibility index (Phi) is 2.33. The summed E-state index contributed by atoms with van der Waals surface area (Å²) in [5, 5.41) is 3.31. The summed E-state index contributed by atoms with van der Waals surface area (Å²) in [4.78, 5) is 4.29. The number of aromatic nitrogens is 1. The van der Waals surface area contributed by atoms with Crippen LogP contribution in [0, 0.1) is 6.92 Å². The molecule has 1 aromatic carbocycles. The second-order valence-corrected chi connectivity index (χ2v) is 3.90. The van der Waals surface area contributed by atoms with Crippen LogP contribution in [0.1, 0.15) is 11.5 Å². The van der Waals surface area contributed by atoms with Crippen LogP contribution in [0.5, 0.6) is 0 Å². The van der Waals surface area contributed by atoms with Gasteiger partial charge < -0.3 is 14.2 Å². The first-order valence-electron chi connectivity index (χ1n) is 5.43. The fourth-order valence-corrected chi connectivity index (χ4v) is 1.75. The normalized spacial score (nSPS) is 10.9. The van der Waals surface area contributed by atoms with Gasteiger partial charge in [0.05, 0.1) is 12.5 Å². The van der Waals surface area contributed by atoms with Gasteiger partial charge in [-0.3, -0.25) is 0 Å². The smallest absolute Gasteiger partial charge is 0.192 e. The van der Waals surface area contributed by atoms with E-state index in [1.54, 1.807) is 12.5 Å². The molecule has 0 amide bonds. The number of anilines is 1. The average molecular weight is 228 g/mol. The van der Waals surface area contributed by atoms with Crippen LogP contribution in [0.4, 0.5) is 5.69 Å². The second kappa shape index (κ2) is 3.97. The summed E-state index contributed by atoms with van der Waals surface area (Å²) in [5.74, 6) is 0.687.